The number of benzene rings is 1. The Morgan fingerprint density at radius 2 is 2.00 bits per heavy atom. The van der Waals surface area contributed by atoms with Crippen LogP contribution in [0.1, 0.15) is 12.5 Å². The van der Waals surface area contributed by atoms with Gasteiger partial charge >= 0.3 is 0 Å². The van der Waals surface area contributed by atoms with Crippen LogP contribution in [-0.4, -0.2) is 25.0 Å². The van der Waals surface area contributed by atoms with Crippen LogP contribution in [-0.2, 0) is 6.54 Å². The van der Waals surface area contributed by atoms with E-state index in [1.165, 1.54) is 6.07 Å². The van der Waals surface area contributed by atoms with Crippen LogP contribution in [0.2, 0.25) is 0 Å². The highest BCUT2D eigenvalue weighted by molar-refractivity contribution is 5.17. The monoisotopic (exact) mass is 228 g/mol. The maximum absolute atomic E-state index is 12.9. The van der Waals surface area contributed by atoms with Crippen molar-refractivity contribution in [2.45, 2.75) is 13.5 Å². The Kier molecular flexibility index (Phi) is 4.83. The standard InChI is InChI=1S/C12H18F2N2/c1-9(6-15)7-16(2)8-10-3-4-11(13)12(14)5-10/h3-5,9H,6-8,15H2,1-2H3. The molecule has 1 aromatic rings. The van der Waals surface area contributed by atoms with Gasteiger partial charge in [-0.15, -0.1) is 0 Å². The minimum atomic E-state index is -0.804. The summed E-state index contributed by atoms with van der Waals surface area (Å²) in [4.78, 5) is 2.05. The first-order valence-electron chi connectivity index (χ1n) is 5.35. The molecule has 0 fully saturated rings. The van der Waals surface area contributed by atoms with Gasteiger partial charge in [0.15, 0.2) is 11.6 Å². The molecule has 0 amide bonds. The van der Waals surface area contributed by atoms with Crippen LogP contribution in [0.5, 0.6) is 0 Å². The zero-order chi connectivity index (χ0) is 12.1. The van der Waals surface area contributed by atoms with E-state index in [0.29, 0.717) is 19.0 Å². The molecule has 2 nitrogen and oxygen atoms in total. The molecule has 1 aromatic carbocycles. The maximum atomic E-state index is 12.9. The topological polar surface area (TPSA) is 29.3 Å². The summed E-state index contributed by atoms with van der Waals surface area (Å²) in [5.41, 5.74) is 6.29. The van der Waals surface area contributed by atoms with Crippen molar-refractivity contribution >= 4 is 0 Å². The molecule has 0 saturated heterocycles. The first-order chi connectivity index (χ1) is 7.52. The van der Waals surface area contributed by atoms with Gasteiger partial charge in [0.2, 0.25) is 0 Å². The molecule has 0 radical (unpaired) electrons. The van der Waals surface area contributed by atoms with E-state index >= 15 is 0 Å². The van der Waals surface area contributed by atoms with Crippen LogP contribution < -0.4 is 5.73 Å². The summed E-state index contributed by atoms with van der Waals surface area (Å²) in [6.07, 6.45) is 0. The smallest absolute Gasteiger partial charge is 0.159 e. The zero-order valence-electron chi connectivity index (χ0n) is 9.71. The minimum Gasteiger partial charge on any atom is -0.330 e. The van der Waals surface area contributed by atoms with Gasteiger partial charge in [0, 0.05) is 13.1 Å². The largest absolute Gasteiger partial charge is 0.330 e. The van der Waals surface area contributed by atoms with Gasteiger partial charge in [-0.2, -0.15) is 0 Å². The normalized spacial score (nSPS) is 13.1. The molecule has 0 aliphatic carbocycles. The van der Waals surface area contributed by atoms with Crippen LogP contribution >= 0.6 is 0 Å². The van der Waals surface area contributed by atoms with Crippen LogP contribution in [0.4, 0.5) is 8.78 Å². The van der Waals surface area contributed by atoms with E-state index in [1.54, 1.807) is 6.07 Å². The number of hydrogen-bond donors (Lipinski definition) is 1. The fourth-order valence-electron chi connectivity index (χ4n) is 1.62. The molecule has 1 unspecified atom stereocenters. The molecule has 1 atom stereocenters. The fourth-order valence-corrected chi connectivity index (χ4v) is 1.62. The van der Waals surface area contributed by atoms with Crippen molar-refractivity contribution in [1.29, 1.82) is 0 Å². The summed E-state index contributed by atoms with van der Waals surface area (Å²) in [7, 11) is 1.94. The molecule has 90 valence electrons. The maximum Gasteiger partial charge on any atom is 0.159 e. The third-order valence-electron chi connectivity index (χ3n) is 2.46. The van der Waals surface area contributed by atoms with Crippen LogP contribution in [0.25, 0.3) is 0 Å². The van der Waals surface area contributed by atoms with E-state index in [1.807, 2.05) is 11.9 Å². The van der Waals surface area contributed by atoms with E-state index in [2.05, 4.69) is 6.92 Å². The molecule has 0 heterocycles. The van der Waals surface area contributed by atoms with Crippen molar-refractivity contribution in [2.24, 2.45) is 11.7 Å². The molecular formula is C12H18F2N2. The van der Waals surface area contributed by atoms with Crippen LogP contribution in [0.15, 0.2) is 18.2 Å². The van der Waals surface area contributed by atoms with Crippen LogP contribution in [0.3, 0.4) is 0 Å². The number of halogens is 2. The highest BCUT2D eigenvalue weighted by Gasteiger charge is 2.07. The minimum absolute atomic E-state index is 0.398. The highest BCUT2D eigenvalue weighted by atomic mass is 19.2. The Balaban J connectivity index is 2.56. The van der Waals surface area contributed by atoms with Crippen molar-refractivity contribution < 1.29 is 8.78 Å². The predicted molar refractivity (Wildman–Crippen MR) is 60.9 cm³/mol. The quantitative estimate of drug-likeness (QED) is 0.835. The first-order valence-corrected chi connectivity index (χ1v) is 5.35. The number of rotatable bonds is 5. The van der Waals surface area contributed by atoms with E-state index < -0.39 is 11.6 Å². The lowest BCUT2D eigenvalue weighted by Gasteiger charge is -2.20. The lowest BCUT2D eigenvalue weighted by atomic mass is 10.1. The molecule has 0 bridgehead atoms. The van der Waals surface area contributed by atoms with Crippen molar-refractivity contribution in [3.8, 4) is 0 Å². The Labute approximate surface area is 95.1 Å². The molecular weight excluding hydrogens is 210 g/mol. The van der Waals surface area contributed by atoms with Gasteiger partial charge in [-0.3, -0.25) is 0 Å². The lowest BCUT2D eigenvalue weighted by molar-refractivity contribution is 0.281. The Morgan fingerprint density at radius 1 is 1.31 bits per heavy atom. The zero-order valence-corrected chi connectivity index (χ0v) is 9.71. The van der Waals surface area contributed by atoms with Gasteiger partial charge in [0.25, 0.3) is 0 Å². The van der Waals surface area contributed by atoms with Crippen molar-refractivity contribution in [1.82, 2.24) is 4.90 Å². The average Bonchev–Trinajstić information content (AvgIpc) is 2.23. The van der Waals surface area contributed by atoms with Crippen molar-refractivity contribution in [2.75, 3.05) is 20.1 Å². The number of nitrogens with zero attached hydrogens (tertiary/aromatic N) is 1. The summed E-state index contributed by atoms with van der Waals surface area (Å²) in [5.74, 6) is -1.20. The van der Waals surface area contributed by atoms with Gasteiger partial charge < -0.3 is 10.6 Å². The Bertz CT molecular complexity index is 342. The summed E-state index contributed by atoms with van der Waals surface area (Å²) in [5, 5.41) is 0. The van der Waals surface area contributed by atoms with Crippen molar-refractivity contribution in [3.05, 3.63) is 35.4 Å². The second-order valence-electron chi connectivity index (χ2n) is 4.29. The molecule has 4 heteroatoms. The fraction of sp³-hybridized carbons (Fsp3) is 0.500. The van der Waals surface area contributed by atoms with Gasteiger partial charge in [-0.05, 0) is 37.2 Å². The Morgan fingerprint density at radius 3 is 2.56 bits per heavy atom. The predicted octanol–water partition coefficient (Wildman–Crippen LogP) is 1.99. The Hall–Kier alpha value is -1.00. The molecule has 0 saturated carbocycles. The van der Waals surface area contributed by atoms with Gasteiger partial charge in [-0.1, -0.05) is 13.0 Å². The van der Waals surface area contributed by atoms with Gasteiger partial charge in [0.05, 0.1) is 0 Å². The molecule has 2 N–H and O–H groups in total. The van der Waals surface area contributed by atoms with Gasteiger partial charge in [0.1, 0.15) is 0 Å². The highest BCUT2D eigenvalue weighted by Crippen LogP contribution is 2.11. The summed E-state index contributed by atoms with van der Waals surface area (Å²) in [6.45, 7) is 4.13. The van der Waals surface area contributed by atoms with E-state index in [4.69, 9.17) is 5.73 Å². The van der Waals surface area contributed by atoms with Crippen LogP contribution in [0, 0.1) is 17.6 Å². The van der Waals surface area contributed by atoms with Crippen molar-refractivity contribution in [3.63, 3.8) is 0 Å². The molecule has 0 aromatic heterocycles. The molecule has 0 aliphatic heterocycles. The summed E-state index contributed by atoms with van der Waals surface area (Å²) >= 11 is 0. The molecule has 0 aliphatic rings. The molecule has 1 rings (SSSR count). The third kappa shape index (κ3) is 3.87. The van der Waals surface area contributed by atoms with E-state index in [0.717, 1.165) is 18.2 Å². The number of nitrogens with two attached hydrogens (primary N) is 1. The van der Waals surface area contributed by atoms with E-state index in [9.17, 15) is 8.78 Å². The average molecular weight is 228 g/mol. The molecule has 0 spiro atoms. The first kappa shape index (κ1) is 13.1. The molecule has 16 heavy (non-hydrogen) atoms. The summed E-state index contributed by atoms with van der Waals surface area (Å²) < 4.78 is 25.6. The number of hydrogen-bond acceptors (Lipinski definition) is 2. The second kappa shape index (κ2) is 5.92. The van der Waals surface area contributed by atoms with E-state index in [-0.39, 0.29) is 0 Å². The third-order valence-corrected chi connectivity index (χ3v) is 2.46. The summed E-state index contributed by atoms with van der Waals surface area (Å²) in [6, 6.07) is 3.99. The second-order valence-corrected chi connectivity index (χ2v) is 4.29. The SMILES string of the molecule is CC(CN)CN(C)Cc1ccc(F)c(F)c1. The lowest BCUT2D eigenvalue weighted by Crippen LogP contribution is -2.28. The van der Waals surface area contributed by atoms with Gasteiger partial charge in [-0.25, -0.2) is 8.78 Å².